The van der Waals surface area contributed by atoms with Crippen molar-refractivity contribution in [3.63, 3.8) is 0 Å². The molecule has 2 aromatic carbocycles. The van der Waals surface area contributed by atoms with E-state index in [4.69, 9.17) is 9.47 Å². The molecule has 1 aliphatic heterocycles. The highest BCUT2D eigenvalue weighted by Gasteiger charge is 2.41. The Morgan fingerprint density at radius 1 is 1.00 bits per heavy atom. The van der Waals surface area contributed by atoms with Crippen molar-refractivity contribution in [1.29, 1.82) is 0 Å². The van der Waals surface area contributed by atoms with Gasteiger partial charge < -0.3 is 14.4 Å². The summed E-state index contributed by atoms with van der Waals surface area (Å²) in [5.41, 5.74) is 3.13. The molecule has 0 amide bonds. The molecule has 1 heterocycles. The van der Waals surface area contributed by atoms with Gasteiger partial charge in [-0.1, -0.05) is 30.3 Å². The number of rotatable bonds is 9. The Balaban J connectivity index is 1.69. The van der Waals surface area contributed by atoms with Gasteiger partial charge in [0.2, 0.25) is 0 Å². The van der Waals surface area contributed by atoms with Gasteiger partial charge in [0.1, 0.15) is 12.3 Å². The van der Waals surface area contributed by atoms with Gasteiger partial charge in [-0.2, -0.15) is 0 Å². The molecule has 1 saturated heterocycles. The summed E-state index contributed by atoms with van der Waals surface area (Å²) >= 11 is 0. The fourth-order valence-corrected chi connectivity index (χ4v) is 4.93. The quantitative estimate of drug-likeness (QED) is 0.683. The first-order valence-electron chi connectivity index (χ1n) is 11.1. The molecule has 1 N–H and O–H groups in total. The van der Waals surface area contributed by atoms with Crippen LogP contribution in [0.15, 0.2) is 54.6 Å². The van der Waals surface area contributed by atoms with Crippen LogP contribution in [-0.4, -0.2) is 32.4 Å². The zero-order valence-corrected chi connectivity index (χ0v) is 18.7. The van der Waals surface area contributed by atoms with Gasteiger partial charge in [-0.15, -0.1) is 0 Å². The van der Waals surface area contributed by atoms with Gasteiger partial charge in [0.15, 0.2) is 0 Å². The van der Waals surface area contributed by atoms with Gasteiger partial charge >= 0.3 is 0 Å². The van der Waals surface area contributed by atoms with E-state index in [2.05, 4.69) is 75.4 Å². The molecule has 0 aromatic heterocycles. The molecule has 3 heteroatoms. The highest BCUT2D eigenvalue weighted by atomic mass is 16.5. The van der Waals surface area contributed by atoms with Crippen molar-refractivity contribution in [2.75, 3.05) is 26.8 Å². The summed E-state index contributed by atoms with van der Waals surface area (Å²) in [7, 11) is 1.72. The van der Waals surface area contributed by atoms with Crippen LogP contribution < -0.4 is 9.64 Å². The highest BCUT2D eigenvalue weighted by Crippen LogP contribution is 2.43. The predicted molar refractivity (Wildman–Crippen MR) is 120 cm³/mol. The normalized spacial score (nSPS) is 22.2. The van der Waals surface area contributed by atoms with E-state index in [9.17, 15) is 0 Å². The number of quaternary nitrogens is 1. The van der Waals surface area contributed by atoms with Crippen LogP contribution in [0.4, 0.5) is 0 Å². The maximum atomic E-state index is 6.09. The third-order valence-corrected chi connectivity index (χ3v) is 6.47. The largest absolute Gasteiger partial charge is 0.497 e. The van der Waals surface area contributed by atoms with E-state index in [1.54, 1.807) is 12.0 Å². The SMILES string of the molecule is CC[NH+](CC[C@]1(Cc2ccccc2)CCOC(C)(C)C1)Cc1ccc(OC)cc1. The van der Waals surface area contributed by atoms with E-state index in [0.717, 1.165) is 44.7 Å². The van der Waals surface area contributed by atoms with Crippen LogP contribution in [0.25, 0.3) is 0 Å². The Labute approximate surface area is 177 Å². The summed E-state index contributed by atoms with van der Waals surface area (Å²) in [6.45, 7) is 11.1. The first kappa shape index (κ1) is 21.9. The Morgan fingerprint density at radius 2 is 1.72 bits per heavy atom. The van der Waals surface area contributed by atoms with Gasteiger partial charge in [-0.3, -0.25) is 0 Å². The van der Waals surface area contributed by atoms with Crippen LogP contribution in [-0.2, 0) is 17.7 Å². The molecule has 29 heavy (non-hydrogen) atoms. The second-order valence-electron chi connectivity index (χ2n) is 9.33. The zero-order chi connectivity index (χ0) is 20.7. The van der Waals surface area contributed by atoms with E-state index in [0.29, 0.717) is 5.41 Å². The van der Waals surface area contributed by atoms with Crippen LogP contribution >= 0.6 is 0 Å². The van der Waals surface area contributed by atoms with Crippen molar-refractivity contribution in [2.24, 2.45) is 5.41 Å². The van der Waals surface area contributed by atoms with Crippen LogP contribution in [0, 0.1) is 5.41 Å². The molecule has 0 aliphatic carbocycles. The third-order valence-electron chi connectivity index (χ3n) is 6.47. The molecule has 1 aliphatic rings. The van der Waals surface area contributed by atoms with Crippen LogP contribution in [0.5, 0.6) is 5.75 Å². The Hall–Kier alpha value is -1.84. The standard InChI is InChI=1S/C26H37NO2/c1-5-27(20-23-11-13-24(28-4)14-12-23)17-15-26(16-18-29-25(2,3)21-26)19-22-9-7-6-8-10-22/h6-14H,5,15-21H2,1-4H3/p+1/t26-/m1/s1. The lowest BCUT2D eigenvalue weighted by Crippen LogP contribution is -3.10. The number of ether oxygens (including phenoxy) is 2. The molecule has 0 spiro atoms. The number of hydrogen-bond acceptors (Lipinski definition) is 2. The second-order valence-corrected chi connectivity index (χ2v) is 9.33. The van der Waals surface area contributed by atoms with Crippen molar-refractivity contribution in [2.45, 2.75) is 58.6 Å². The molecule has 0 bridgehead atoms. The lowest BCUT2D eigenvalue weighted by molar-refractivity contribution is -0.913. The minimum atomic E-state index is -0.0323. The molecule has 3 nitrogen and oxygen atoms in total. The number of hydrogen-bond donors (Lipinski definition) is 1. The van der Waals surface area contributed by atoms with Gasteiger partial charge in [-0.05, 0) is 75.3 Å². The van der Waals surface area contributed by atoms with Crippen molar-refractivity contribution in [3.8, 4) is 5.75 Å². The molecule has 158 valence electrons. The average molecular weight is 397 g/mol. The van der Waals surface area contributed by atoms with E-state index in [1.165, 1.54) is 24.1 Å². The molecule has 3 rings (SSSR count). The molecular weight excluding hydrogens is 358 g/mol. The summed E-state index contributed by atoms with van der Waals surface area (Å²) in [4.78, 5) is 1.65. The van der Waals surface area contributed by atoms with Crippen LogP contribution in [0.3, 0.4) is 0 Å². The van der Waals surface area contributed by atoms with Crippen molar-refractivity contribution in [1.82, 2.24) is 0 Å². The minimum Gasteiger partial charge on any atom is -0.497 e. The van der Waals surface area contributed by atoms with E-state index < -0.39 is 0 Å². The molecule has 2 atom stereocenters. The molecular formula is C26H38NO2+. The summed E-state index contributed by atoms with van der Waals surface area (Å²) < 4.78 is 11.4. The Kier molecular flexibility index (Phi) is 7.37. The molecule has 0 saturated carbocycles. The Bertz CT molecular complexity index is 741. The van der Waals surface area contributed by atoms with E-state index >= 15 is 0 Å². The van der Waals surface area contributed by atoms with E-state index in [-0.39, 0.29) is 5.60 Å². The van der Waals surface area contributed by atoms with Crippen LogP contribution in [0.1, 0.15) is 51.2 Å². The molecule has 2 aromatic rings. The molecule has 1 unspecified atom stereocenters. The summed E-state index contributed by atoms with van der Waals surface area (Å²) in [6.07, 6.45) is 4.69. The van der Waals surface area contributed by atoms with Gasteiger partial charge in [0.25, 0.3) is 0 Å². The fourth-order valence-electron chi connectivity index (χ4n) is 4.93. The van der Waals surface area contributed by atoms with Gasteiger partial charge in [0.05, 0.1) is 25.8 Å². The van der Waals surface area contributed by atoms with Gasteiger partial charge in [-0.25, -0.2) is 0 Å². The summed E-state index contributed by atoms with van der Waals surface area (Å²) in [5, 5.41) is 0. The maximum Gasteiger partial charge on any atom is 0.118 e. The lowest BCUT2D eigenvalue weighted by Gasteiger charge is -2.45. The highest BCUT2D eigenvalue weighted by molar-refractivity contribution is 5.26. The molecule has 0 radical (unpaired) electrons. The fraction of sp³-hybridized carbons (Fsp3) is 0.538. The monoisotopic (exact) mass is 396 g/mol. The maximum absolute atomic E-state index is 6.09. The van der Waals surface area contributed by atoms with Crippen molar-refractivity contribution < 1.29 is 14.4 Å². The average Bonchev–Trinajstić information content (AvgIpc) is 2.71. The smallest absolute Gasteiger partial charge is 0.118 e. The Morgan fingerprint density at radius 3 is 2.34 bits per heavy atom. The van der Waals surface area contributed by atoms with Crippen LogP contribution in [0.2, 0.25) is 0 Å². The third kappa shape index (κ3) is 6.32. The van der Waals surface area contributed by atoms with Crippen molar-refractivity contribution >= 4 is 0 Å². The minimum absolute atomic E-state index is 0.0323. The van der Waals surface area contributed by atoms with E-state index in [1.807, 2.05) is 0 Å². The van der Waals surface area contributed by atoms with Gasteiger partial charge in [0, 0.05) is 18.6 Å². The zero-order valence-electron chi connectivity index (χ0n) is 18.7. The summed E-state index contributed by atoms with van der Waals surface area (Å²) in [6, 6.07) is 19.6. The van der Waals surface area contributed by atoms with Crippen molar-refractivity contribution in [3.05, 3.63) is 65.7 Å². The first-order valence-corrected chi connectivity index (χ1v) is 11.1. The second kappa shape index (κ2) is 9.77. The predicted octanol–water partition coefficient (Wildman–Crippen LogP) is 4.31. The number of benzene rings is 2. The summed E-state index contributed by atoms with van der Waals surface area (Å²) in [5.74, 6) is 0.929. The number of nitrogens with one attached hydrogen (secondary N) is 1. The molecule has 1 fully saturated rings. The lowest BCUT2D eigenvalue weighted by atomic mass is 9.68. The topological polar surface area (TPSA) is 22.9 Å². The first-order chi connectivity index (χ1) is 13.9. The number of methoxy groups -OCH3 is 1.